The fourth-order valence-corrected chi connectivity index (χ4v) is 9.63. The van der Waals surface area contributed by atoms with Gasteiger partial charge in [0.2, 0.25) is 5.91 Å². The molecule has 0 bridgehead atoms. The minimum Gasteiger partial charge on any atom is -0.394 e. The smallest absolute Gasteiger partial charge is 0.220 e. The van der Waals surface area contributed by atoms with Crippen LogP contribution in [0.5, 0.6) is 0 Å². The third-order valence-corrected chi connectivity index (χ3v) is 14.3. The molecule has 3 unspecified atom stereocenters. The Hall–Kier alpha value is -1.17. The predicted octanol–water partition coefficient (Wildman–Crippen LogP) is 18.8. The van der Waals surface area contributed by atoms with E-state index >= 15 is 0 Å². The van der Waals surface area contributed by atoms with Crippen molar-refractivity contribution in [2.75, 3.05) is 6.61 Å². The van der Waals surface area contributed by atoms with Crippen LogP contribution in [0.1, 0.15) is 335 Å². The van der Waals surface area contributed by atoms with Crippen LogP contribution in [0, 0.1) is 0 Å². The molecule has 0 rings (SSSR count). The molecule has 0 aromatic heterocycles. The molecule has 3 atom stereocenters. The van der Waals surface area contributed by atoms with E-state index < -0.39 is 18.2 Å². The van der Waals surface area contributed by atoms with E-state index in [1.165, 1.54) is 270 Å². The largest absolute Gasteiger partial charge is 0.394 e. The first-order valence-electron chi connectivity index (χ1n) is 30.1. The second-order valence-corrected chi connectivity index (χ2v) is 20.9. The van der Waals surface area contributed by atoms with Crippen LogP contribution >= 0.6 is 0 Å². The van der Waals surface area contributed by atoms with Crippen LogP contribution in [-0.2, 0) is 4.79 Å². The molecule has 0 saturated carbocycles. The van der Waals surface area contributed by atoms with Crippen molar-refractivity contribution >= 4 is 5.91 Å². The van der Waals surface area contributed by atoms with E-state index in [9.17, 15) is 20.1 Å². The van der Waals surface area contributed by atoms with E-state index in [0.29, 0.717) is 12.8 Å². The van der Waals surface area contributed by atoms with Crippen LogP contribution in [0.15, 0.2) is 24.3 Å². The number of aliphatic hydroxyl groups is 3. The van der Waals surface area contributed by atoms with Crippen LogP contribution in [0.2, 0.25) is 0 Å². The van der Waals surface area contributed by atoms with E-state index in [1.807, 2.05) is 0 Å². The molecule has 5 heteroatoms. The molecule has 0 aromatic rings. The summed E-state index contributed by atoms with van der Waals surface area (Å²) in [4.78, 5) is 12.5. The minimum absolute atomic E-state index is 0.148. The Morgan fingerprint density at radius 2 is 0.606 bits per heavy atom. The standard InChI is InChI=1S/C61H119NO4/c1-3-5-7-9-11-13-15-17-19-21-22-23-24-25-26-27-28-29-30-31-32-33-34-35-36-37-38-40-42-44-46-48-50-52-54-56-60(65)62-58(57-63)61(66)59(64)55-53-51-49-47-45-43-41-39-20-18-16-14-12-10-8-6-4-2/h27-28,47,49,58-59,61,63-64,66H,3-26,29-46,48,50-57H2,1-2H3,(H,62,65)/b28-27-,49-47+. The molecule has 0 saturated heterocycles. The summed E-state index contributed by atoms with van der Waals surface area (Å²) in [7, 11) is 0. The average molecular weight is 931 g/mol. The number of carbonyl (C=O) groups excluding carboxylic acids is 1. The number of aliphatic hydroxyl groups excluding tert-OH is 3. The van der Waals surface area contributed by atoms with Gasteiger partial charge in [-0.15, -0.1) is 0 Å². The van der Waals surface area contributed by atoms with Gasteiger partial charge in [-0.3, -0.25) is 4.79 Å². The summed E-state index contributed by atoms with van der Waals surface area (Å²) in [6.45, 7) is 4.20. The van der Waals surface area contributed by atoms with Gasteiger partial charge in [0, 0.05) is 6.42 Å². The Bertz CT molecular complexity index is 982. The number of carbonyl (C=O) groups is 1. The quantitative estimate of drug-likeness (QED) is 0.0361. The van der Waals surface area contributed by atoms with E-state index in [4.69, 9.17) is 0 Å². The summed E-state index contributed by atoms with van der Waals surface area (Å²) in [5.41, 5.74) is 0. The van der Waals surface area contributed by atoms with Crippen molar-refractivity contribution in [2.45, 2.75) is 353 Å². The van der Waals surface area contributed by atoms with Gasteiger partial charge in [-0.05, 0) is 64.2 Å². The summed E-state index contributed by atoms with van der Waals surface area (Å²) in [6, 6.07) is -0.824. The number of unbranched alkanes of at least 4 members (excludes halogenated alkanes) is 44. The highest BCUT2D eigenvalue weighted by Crippen LogP contribution is 2.18. The lowest BCUT2D eigenvalue weighted by Crippen LogP contribution is -2.50. The van der Waals surface area contributed by atoms with E-state index in [0.717, 1.165) is 38.5 Å². The zero-order valence-corrected chi connectivity index (χ0v) is 44.9. The monoisotopic (exact) mass is 930 g/mol. The zero-order valence-electron chi connectivity index (χ0n) is 44.9. The van der Waals surface area contributed by atoms with Gasteiger partial charge in [0.25, 0.3) is 0 Å². The van der Waals surface area contributed by atoms with Crippen molar-refractivity contribution < 1.29 is 20.1 Å². The molecule has 5 nitrogen and oxygen atoms in total. The van der Waals surface area contributed by atoms with Crippen LogP contribution in [0.4, 0.5) is 0 Å². The molecule has 0 fully saturated rings. The Kier molecular flexibility index (Phi) is 55.4. The number of hydrogen-bond donors (Lipinski definition) is 4. The summed E-state index contributed by atoms with van der Waals surface area (Å²) in [6.07, 6.45) is 72.2. The van der Waals surface area contributed by atoms with Crippen molar-refractivity contribution in [1.29, 1.82) is 0 Å². The van der Waals surface area contributed by atoms with Crippen LogP contribution in [-0.4, -0.2) is 46.1 Å². The van der Waals surface area contributed by atoms with Gasteiger partial charge in [-0.1, -0.05) is 289 Å². The SMILES string of the molecule is CCCCCCCCCCCCCC/C=C/CCCC(O)C(O)C(CO)NC(=O)CCCCCCCCCCCCCCCCCCC/C=C\CCCCCCCCCCCCCCCC. The van der Waals surface area contributed by atoms with Crippen molar-refractivity contribution in [3.8, 4) is 0 Å². The van der Waals surface area contributed by atoms with Crippen LogP contribution < -0.4 is 5.32 Å². The molecule has 0 spiro atoms. The maximum absolute atomic E-state index is 12.5. The highest BCUT2D eigenvalue weighted by atomic mass is 16.3. The lowest BCUT2D eigenvalue weighted by Gasteiger charge is -2.26. The van der Waals surface area contributed by atoms with Crippen molar-refractivity contribution in [2.24, 2.45) is 0 Å². The fourth-order valence-electron chi connectivity index (χ4n) is 9.63. The van der Waals surface area contributed by atoms with Crippen LogP contribution in [0.3, 0.4) is 0 Å². The molecule has 0 aliphatic rings. The highest BCUT2D eigenvalue weighted by molar-refractivity contribution is 5.76. The number of rotatable bonds is 56. The first-order valence-corrected chi connectivity index (χ1v) is 30.1. The van der Waals surface area contributed by atoms with E-state index in [2.05, 4.69) is 43.5 Å². The fraction of sp³-hybridized carbons (Fsp3) is 0.918. The lowest BCUT2D eigenvalue weighted by atomic mass is 10.0. The topological polar surface area (TPSA) is 89.8 Å². The summed E-state index contributed by atoms with van der Waals surface area (Å²) < 4.78 is 0. The summed E-state index contributed by atoms with van der Waals surface area (Å²) >= 11 is 0. The first-order chi connectivity index (χ1) is 32.6. The van der Waals surface area contributed by atoms with Gasteiger partial charge in [-0.2, -0.15) is 0 Å². The molecule has 0 radical (unpaired) electrons. The van der Waals surface area contributed by atoms with E-state index in [1.54, 1.807) is 0 Å². The van der Waals surface area contributed by atoms with Crippen molar-refractivity contribution in [1.82, 2.24) is 5.32 Å². The summed E-state index contributed by atoms with van der Waals surface area (Å²) in [5, 5.41) is 33.7. The minimum atomic E-state index is -1.16. The lowest BCUT2D eigenvalue weighted by molar-refractivity contribution is -0.124. The average Bonchev–Trinajstić information content (AvgIpc) is 3.32. The van der Waals surface area contributed by atoms with Gasteiger partial charge in [0.15, 0.2) is 0 Å². The normalized spacial score (nSPS) is 13.3. The third kappa shape index (κ3) is 50.7. The number of hydrogen-bond acceptors (Lipinski definition) is 4. The molecule has 66 heavy (non-hydrogen) atoms. The molecule has 0 aromatic carbocycles. The highest BCUT2D eigenvalue weighted by Gasteiger charge is 2.26. The number of nitrogens with one attached hydrogen (secondary N) is 1. The predicted molar refractivity (Wildman–Crippen MR) is 292 cm³/mol. The van der Waals surface area contributed by atoms with Crippen LogP contribution in [0.25, 0.3) is 0 Å². The summed E-state index contributed by atoms with van der Waals surface area (Å²) in [5.74, 6) is -0.148. The van der Waals surface area contributed by atoms with Gasteiger partial charge in [0.1, 0.15) is 6.10 Å². The maximum atomic E-state index is 12.5. The third-order valence-electron chi connectivity index (χ3n) is 14.3. The Labute approximate surface area is 413 Å². The van der Waals surface area contributed by atoms with Crippen molar-refractivity contribution in [3.63, 3.8) is 0 Å². The Morgan fingerprint density at radius 1 is 0.364 bits per heavy atom. The second-order valence-electron chi connectivity index (χ2n) is 20.9. The zero-order chi connectivity index (χ0) is 47.9. The maximum Gasteiger partial charge on any atom is 0.220 e. The molecule has 1 amide bonds. The molecule has 0 aliphatic heterocycles. The molecule has 392 valence electrons. The Balaban J connectivity index is 3.48. The van der Waals surface area contributed by atoms with Gasteiger partial charge in [-0.25, -0.2) is 0 Å². The Morgan fingerprint density at radius 3 is 0.879 bits per heavy atom. The van der Waals surface area contributed by atoms with Gasteiger partial charge >= 0.3 is 0 Å². The van der Waals surface area contributed by atoms with Gasteiger partial charge in [0.05, 0.1) is 18.8 Å². The molecular weight excluding hydrogens is 811 g/mol. The second kappa shape index (κ2) is 56.4. The van der Waals surface area contributed by atoms with E-state index in [-0.39, 0.29) is 12.5 Å². The van der Waals surface area contributed by atoms with Gasteiger partial charge < -0.3 is 20.6 Å². The molecular formula is C61H119NO4. The number of amides is 1. The number of allylic oxidation sites excluding steroid dienone is 4. The molecule has 0 heterocycles. The molecule has 4 N–H and O–H groups in total. The van der Waals surface area contributed by atoms with Crippen molar-refractivity contribution in [3.05, 3.63) is 24.3 Å². The molecule has 0 aliphatic carbocycles. The first kappa shape index (κ1) is 64.8.